The van der Waals surface area contributed by atoms with E-state index in [0.717, 1.165) is 32.1 Å². The molecule has 1 aliphatic rings. The Bertz CT molecular complexity index is 274. The predicted molar refractivity (Wildman–Crippen MR) is 67.3 cm³/mol. The Morgan fingerprint density at radius 1 is 1.44 bits per heavy atom. The molecular weight excluding hydrogens is 234 g/mol. The monoisotopic (exact) mass is 257 g/mol. The quantitative estimate of drug-likeness (QED) is 0.728. The summed E-state index contributed by atoms with van der Waals surface area (Å²) in [4.78, 5) is 22.7. The summed E-state index contributed by atoms with van der Waals surface area (Å²) in [5, 5.41) is 11.6. The molecule has 104 valence electrons. The van der Waals surface area contributed by atoms with Crippen molar-refractivity contribution in [3.63, 3.8) is 0 Å². The van der Waals surface area contributed by atoms with Gasteiger partial charge in [-0.3, -0.25) is 4.79 Å². The predicted octanol–water partition coefficient (Wildman–Crippen LogP) is 1.71. The van der Waals surface area contributed by atoms with Crippen molar-refractivity contribution in [1.82, 2.24) is 5.32 Å². The second-order valence-corrected chi connectivity index (χ2v) is 4.79. The van der Waals surface area contributed by atoms with Crippen LogP contribution >= 0.6 is 0 Å². The third-order valence-electron chi connectivity index (χ3n) is 3.17. The highest BCUT2D eigenvalue weighted by atomic mass is 16.5. The van der Waals surface area contributed by atoms with Gasteiger partial charge in [0.15, 0.2) is 0 Å². The summed E-state index contributed by atoms with van der Waals surface area (Å²) in [6, 6.07) is -0.763. The van der Waals surface area contributed by atoms with Crippen molar-refractivity contribution in [2.45, 2.75) is 64.0 Å². The number of carbonyl (C=O) groups is 2. The number of rotatable bonds is 7. The van der Waals surface area contributed by atoms with E-state index < -0.39 is 12.0 Å². The average molecular weight is 257 g/mol. The zero-order chi connectivity index (χ0) is 13.4. The van der Waals surface area contributed by atoms with Crippen LogP contribution in [-0.2, 0) is 14.3 Å². The fraction of sp³-hybridized carbons (Fsp3) is 0.846. The summed E-state index contributed by atoms with van der Waals surface area (Å²) in [7, 11) is 0. The Morgan fingerprint density at radius 3 is 2.78 bits per heavy atom. The molecule has 5 heteroatoms. The molecule has 18 heavy (non-hydrogen) atoms. The second kappa shape index (κ2) is 8.08. The van der Waals surface area contributed by atoms with Gasteiger partial charge in [0.1, 0.15) is 6.04 Å². The standard InChI is InChI=1S/C13H23NO4/c1-2-3-7-11(13(16)17)14-12(15)9-10-6-4-5-8-18-10/h10-11H,2-9H2,1H3,(H,14,15)(H,16,17). The average Bonchev–Trinajstić information content (AvgIpc) is 2.35. The fourth-order valence-electron chi connectivity index (χ4n) is 2.09. The van der Waals surface area contributed by atoms with E-state index in [-0.39, 0.29) is 18.4 Å². The molecule has 5 nitrogen and oxygen atoms in total. The maximum atomic E-state index is 11.7. The lowest BCUT2D eigenvalue weighted by molar-refractivity contribution is -0.142. The molecule has 1 fully saturated rings. The highest BCUT2D eigenvalue weighted by Gasteiger charge is 2.22. The van der Waals surface area contributed by atoms with E-state index in [1.807, 2.05) is 6.92 Å². The smallest absolute Gasteiger partial charge is 0.326 e. The number of ether oxygens (including phenoxy) is 1. The van der Waals surface area contributed by atoms with Gasteiger partial charge in [0, 0.05) is 6.61 Å². The van der Waals surface area contributed by atoms with E-state index in [9.17, 15) is 9.59 Å². The molecule has 0 spiro atoms. The lowest BCUT2D eigenvalue weighted by atomic mass is 10.1. The number of unbranched alkanes of at least 4 members (excludes halogenated alkanes) is 1. The third kappa shape index (κ3) is 5.49. The van der Waals surface area contributed by atoms with Gasteiger partial charge in [0.05, 0.1) is 12.5 Å². The van der Waals surface area contributed by atoms with Crippen molar-refractivity contribution in [2.24, 2.45) is 0 Å². The van der Waals surface area contributed by atoms with Crippen LogP contribution in [0.3, 0.4) is 0 Å². The molecule has 1 amide bonds. The van der Waals surface area contributed by atoms with E-state index in [0.29, 0.717) is 13.0 Å². The van der Waals surface area contributed by atoms with Crippen molar-refractivity contribution in [1.29, 1.82) is 0 Å². The molecule has 1 heterocycles. The Labute approximate surface area is 108 Å². The Hall–Kier alpha value is -1.10. The van der Waals surface area contributed by atoms with Gasteiger partial charge >= 0.3 is 5.97 Å². The maximum Gasteiger partial charge on any atom is 0.326 e. The summed E-state index contributed by atoms with van der Waals surface area (Å²) in [6.07, 6.45) is 5.46. The van der Waals surface area contributed by atoms with Crippen LogP contribution in [0.1, 0.15) is 51.9 Å². The van der Waals surface area contributed by atoms with E-state index in [4.69, 9.17) is 9.84 Å². The summed E-state index contributed by atoms with van der Waals surface area (Å²) in [5.41, 5.74) is 0. The van der Waals surface area contributed by atoms with Crippen LogP contribution in [-0.4, -0.2) is 35.7 Å². The summed E-state index contributed by atoms with van der Waals surface area (Å²) in [5.74, 6) is -1.17. The first-order valence-electron chi connectivity index (χ1n) is 6.77. The third-order valence-corrected chi connectivity index (χ3v) is 3.17. The van der Waals surface area contributed by atoms with Gasteiger partial charge in [-0.2, -0.15) is 0 Å². The number of amides is 1. The normalized spacial score (nSPS) is 21.3. The van der Waals surface area contributed by atoms with E-state index in [1.54, 1.807) is 0 Å². The van der Waals surface area contributed by atoms with Crippen molar-refractivity contribution in [3.8, 4) is 0 Å². The first-order chi connectivity index (χ1) is 8.63. The fourth-order valence-corrected chi connectivity index (χ4v) is 2.09. The maximum absolute atomic E-state index is 11.7. The van der Waals surface area contributed by atoms with Crippen molar-refractivity contribution < 1.29 is 19.4 Å². The molecule has 0 aromatic carbocycles. The Kier molecular flexibility index (Phi) is 6.72. The number of carboxylic acid groups (broad SMARTS) is 1. The molecule has 2 unspecified atom stereocenters. The number of carbonyl (C=O) groups excluding carboxylic acids is 1. The zero-order valence-electron chi connectivity index (χ0n) is 11.0. The van der Waals surface area contributed by atoms with Crippen molar-refractivity contribution in [2.75, 3.05) is 6.61 Å². The first kappa shape index (κ1) is 15.0. The van der Waals surface area contributed by atoms with Gasteiger partial charge in [-0.15, -0.1) is 0 Å². The first-order valence-corrected chi connectivity index (χ1v) is 6.77. The van der Waals surface area contributed by atoms with Crippen LogP contribution in [0.4, 0.5) is 0 Å². The molecule has 1 saturated heterocycles. The molecule has 0 aromatic rings. The molecule has 0 aliphatic carbocycles. The van der Waals surface area contributed by atoms with Crippen LogP contribution in [0.2, 0.25) is 0 Å². The zero-order valence-corrected chi connectivity index (χ0v) is 11.0. The molecule has 2 N–H and O–H groups in total. The highest BCUT2D eigenvalue weighted by Crippen LogP contribution is 2.15. The molecule has 1 rings (SSSR count). The van der Waals surface area contributed by atoms with Gasteiger partial charge in [-0.05, 0) is 25.7 Å². The number of hydrogen-bond donors (Lipinski definition) is 2. The lowest BCUT2D eigenvalue weighted by Gasteiger charge is -2.23. The number of nitrogens with one attached hydrogen (secondary N) is 1. The van der Waals surface area contributed by atoms with Crippen LogP contribution < -0.4 is 5.32 Å². The Morgan fingerprint density at radius 2 is 2.22 bits per heavy atom. The molecule has 0 bridgehead atoms. The Balaban J connectivity index is 2.32. The van der Waals surface area contributed by atoms with Gasteiger partial charge in [0.2, 0.25) is 5.91 Å². The van der Waals surface area contributed by atoms with Crippen molar-refractivity contribution >= 4 is 11.9 Å². The minimum atomic E-state index is -0.957. The van der Waals surface area contributed by atoms with Gasteiger partial charge in [-0.1, -0.05) is 19.8 Å². The number of hydrogen-bond acceptors (Lipinski definition) is 3. The summed E-state index contributed by atoms with van der Waals surface area (Å²) in [6.45, 7) is 2.70. The minimum absolute atomic E-state index is 0.0422. The minimum Gasteiger partial charge on any atom is -0.480 e. The number of carboxylic acids is 1. The van der Waals surface area contributed by atoms with Gasteiger partial charge in [-0.25, -0.2) is 4.79 Å². The topological polar surface area (TPSA) is 75.6 Å². The van der Waals surface area contributed by atoms with E-state index in [2.05, 4.69) is 5.32 Å². The molecule has 1 aliphatic heterocycles. The second-order valence-electron chi connectivity index (χ2n) is 4.79. The van der Waals surface area contributed by atoms with Crippen molar-refractivity contribution in [3.05, 3.63) is 0 Å². The summed E-state index contributed by atoms with van der Waals surface area (Å²) < 4.78 is 5.46. The molecule has 0 aromatic heterocycles. The molecule has 0 radical (unpaired) electrons. The van der Waals surface area contributed by atoms with Crippen LogP contribution in [0.25, 0.3) is 0 Å². The SMILES string of the molecule is CCCCC(NC(=O)CC1CCCCO1)C(=O)O. The largest absolute Gasteiger partial charge is 0.480 e. The van der Waals surface area contributed by atoms with Crippen LogP contribution in [0.15, 0.2) is 0 Å². The number of aliphatic carboxylic acids is 1. The van der Waals surface area contributed by atoms with E-state index in [1.165, 1.54) is 0 Å². The highest BCUT2D eigenvalue weighted by molar-refractivity contribution is 5.83. The van der Waals surface area contributed by atoms with Crippen LogP contribution in [0.5, 0.6) is 0 Å². The summed E-state index contributed by atoms with van der Waals surface area (Å²) >= 11 is 0. The molecule has 0 saturated carbocycles. The van der Waals surface area contributed by atoms with E-state index >= 15 is 0 Å². The van der Waals surface area contributed by atoms with Gasteiger partial charge in [0.25, 0.3) is 0 Å². The lowest BCUT2D eigenvalue weighted by Crippen LogP contribution is -2.42. The van der Waals surface area contributed by atoms with Crippen LogP contribution in [0, 0.1) is 0 Å². The molecular formula is C13H23NO4. The van der Waals surface area contributed by atoms with Gasteiger partial charge < -0.3 is 15.2 Å². The molecule has 2 atom stereocenters.